The number of carboxylic acids is 1. The number of thiophene rings is 1. The van der Waals surface area contributed by atoms with Crippen LogP contribution in [-0.2, 0) is 16.0 Å². The number of carbonyl (C=O) groups excluding carboxylic acids is 1. The van der Waals surface area contributed by atoms with Gasteiger partial charge >= 0.3 is 5.97 Å². The lowest BCUT2D eigenvalue weighted by Crippen LogP contribution is -2.33. The van der Waals surface area contributed by atoms with Gasteiger partial charge in [-0.15, -0.1) is 11.3 Å². The second-order valence-electron chi connectivity index (χ2n) is 4.93. The minimum absolute atomic E-state index is 0.0767. The number of oxazole rings is 1. The summed E-state index contributed by atoms with van der Waals surface area (Å²) in [5.41, 5.74) is 0.531. The lowest BCUT2D eigenvalue weighted by molar-refractivity contribution is -0.141. The van der Waals surface area contributed by atoms with Gasteiger partial charge in [0.25, 0.3) is 0 Å². The SMILES string of the molecule is CCCC(CNC(=O)Cc1coc(-c2cccs2)n1)C(=O)O. The molecule has 1 atom stereocenters. The standard InChI is InChI=1S/C15H18N2O4S/c1-2-4-10(15(19)20)8-16-13(18)7-11-9-21-14(17-11)12-5-3-6-22-12/h3,5-6,9-10H,2,4,7-8H2,1H3,(H,16,18)(H,19,20). The molecule has 0 radical (unpaired) electrons. The number of aromatic nitrogens is 1. The molecule has 2 aromatic heterocycles. The molecule has 2 heterocycles. The second kappa shape index (κ2) is 7.74. The number of carbonyl (C=O) groups is 2. The van der Waals surface area contributed by atoms with E-state index in [1.807, 2.05) is 24.4 Å². The Labute approximate surface area is 132 Å². The number of hydrogen-bond donors (Lipinski definition) is 2. The molecule has 0 spiro atoms. The van der Waals surface area contributed by atoms with E-state index < -0.39 is 11.9 Å². The van der Waals surface area contributed by atoms with E-state index in [0.29, 0.717) is 18.0 Å². The van der Waals surface area contributed by atoms with E-state index in [1.165, 1.54) is 17.6 Å². The van der Waals surface area contributed by atoms with Crippen molar-refractivity contribution >= 4 is 23.2 Å². The number of nitrogens with one attached hydrogen (secondary N) is 1. The molecule has 2 aromatic rings. The lowest BCUT2D eigenvalue weighted by atomic mass is 10.0. The predicted octanol–water partition coefficient (Wildman–Crippen LogP) is 2.56. The predicted molar refractivity (Wildman–Crippen MR) is 82.6 cm³/mol. The van der Waals surface area contributed by atoms with E-state index in [1.54, 1.807) is 0 Å². The van der Waals surface area contributed by atoms with E-state index in [-0.39, 0.29) is 18.9 Å². The zero-order chi connectivity index (χ0) is 15.9. The minimum Gasteiger partial charge on any atom is -0.481 e. The summed E-state index contributed by atoms with van der Waals surface area (Å²) in [6.07, 6.45) is 2.84. The molecule has 0 aromatic carbocycles. The van der Waals surface area contributed by atoms with Crippen LogP contribution in [0.3, 0.4) is 0 Å². The van der Waals surface area contributed by atoms with E-state index in [4.69, 9.17) is 9.52 Å². The van der Waals surface area contributed by atoms with Gasteiger partial charge in [0.05, 0.1) is 22.9 Å². The van der Waals surface area contributed by atoms with Gasteiger partial charge in [-0.2, -0.15) is 0 Å². The Kier molecular flexibility index (Phi) is 5.71. The fourth-order valence-electron chi connectivity index (χ4n) is 2.03. The molecule has 0 saturated carbocycles. The van der Waals surface area contributed by atoms with Crippen LogP contribution in [-0.4, -0.2) is 28.5 Å². The Morgan fingerprint density at radius 2 is 2.32 bits per heavy atom. The molecular weight excluding hydrogens is 304 g/mol. The Morgan fingerprint density at radius 1 is 1.50 bits per heavy atom. The van der Waals surface area contributed by atoms with Crippen molar-refractivity contribution in [3.05, 3.63) is 29.5 Å². The maximum atomic E-state index is 11.9. The largest absolute Gasteiger partial charge is 0.481 e. The smallest absolute Gasteiger partial charge is 0.308 e. The molecule has 0 saturated heterocycles. The van der Waals surface area contributed by atoms with E-state index in [9.17, 15) is 9.59 Å². The summed E-state index contributed by atoms with van der Waals surface area (Å²) in [5.74, 6) is -1.20. The summed E-state index contributed by atoms with van der Waals surface area (Å²) in [7, 11) is 0. The van der Waals surface area contributed by atoms with Crippen LogP contribution < -0.4 is 5.32 Å². The molecule has 0 aliphatic carbocycles. The third kappa shape index (κ3) is 4.42. The van der Waals surface area contributed by atoms with Gasteiger partial charge < -0.3 is 14.8 Å². The highest BCUT2D eigenvalue weighted by Crippen LogP contribution is 2.23. The monoisotopic (exact) mass is 322 g/mol. The van der Waals surface area contributed by atoms with Crippen LogP contribution in [0.1, 0.15) is 25.5 Å². The van der Waals surface area contributed by atoms with Crippen molar-refractivity contribution < 1.29 is 19.1 Å². The Hall–Kier alpha value is -2.15. The number of rotatable bonds is 8. The fourth-order valence-corrected chi connectivity index (χ4v) is 2.68. The van der Waals surface area contributed by atoms with Gasteiger partial charge in [0.1, 0.15) is 6.26 Å². The average Bonchev–Trinajstić information content (AvgIpc) is 3.13. The third-order valence-corrected chi connectivity index (χ3v) is 4.02. The van der Waals surface area contributed by atoms with Crippen LogP contribution in [0.4, 0.5) is 0 Å². The number of aliphatic carboxylic acids is 1. The summed E-state index contributed by atoms with van der Waals surface area (Å²) >= 11 is 1.51. The zero-order valence-corrected chi connectivity index (χ0v) is 13.1. The first-order chi connectivity index (χ1) is 10.6. The molecule has 22 heavy (non-hydrogen) atoms. The van der Waals surface area contributed by atoms with Gasteiger partial charge in [-0.05, 0) is 17.9 Å². The van der Waals surface area contributed by atoms with Gasteiger partial charge in [-0.25, -0.2) is 4.98 Å². The Balaban J connectivity index is 1.86. The van der Waals surface area contributed by atoms with Gasteiger partial charge in [-0.3, -0.25) is 9.59 Å². The van der Waals surface area contributed by atoms with Crippen LogP contribution in [0.15, 0.2) is 28.2 Å². The normalized spacial score (nSPS) is 12.0. The Morgan fingerprint density at radius 3 is 2.95 bits per heavy atom. The van der Waals surface area contributed by atoms with Crippen molar-refractivity contribution in [3.8, 4) is 10.8 Å². The lowest BCUT2D eigenvalue weighted by Gasteiger charge is -2.11. The third-order valence-electron chi connectivity index (χ3n) is 3.16. The first kappa shape index (κ1) is 16.2. The van der Waals surface area contributed by atoms with E-state index in [0.717, 1.165) is 11.3 Å². The topological polar surface area (TPSA) is 92.4 Å². The highest BCUT2D eigenvalue weighted by atomic mass is 32.1. The first-order valence-corrected chi connectivity index (χ1v) is 7.96. The van der Waals surface area contributed by atoms with Gasteiger partial charge in [0.2, 0.25) is 11.8 Å². The molecule has 0 aliphatic rings. The van der Waals surface area contributed by atoms with Crippen LogP contribution in [0.25, 0.3) is 10.8 Å². The van der Waals surface area contributed by atoms with Crippen LogP contribution in [0.5, 0.6) is 0 Å². The summed E-state index contributed by atoms with van der Waals surface area (Å²) in [6.45, 7) is 2.05. The number of amides is 1. The van der Waals surface area contributed by atoms with Crippen molar-refractivity contribution in [1.29, 1.82) is 0 Å². The summed E-state index contributed by atoms with van der Waals surface area (Å²) in [5, 5.41) is 13.6. The van der Waals surface area contributed by atoms with Crippen LogP contribution in [0.2, 0.25) is 0 Å². The maximum Gasteiger partial charge on any atom is 0.308 e. The summed E-state index contributed by atoms with van der Waals surface area (Å²) < 4.78 is 5.34. The maximum absolute atomic E-state index is 11.9. The first-order valence-electron chi connectivity index (χ1n) is 7.08. The Bertz CT molecular complexity index is 621. The van der Waals surface area contributed by atoms with Gasteiger partial charge in [0, 0.05) is 6.54 Å². The molecule has 0 bridgehead atoms. The molecule has 6 nitrogen and oxygen atoms in total. The second-order valence-corrected chi connectivity index (χ2v) is 5.87. The number of carboxylic acid groups (broad SMARTS) is 1. The summed E-state index contributed by atoms with van der Waals surface area (Å²) in [4.78, 5) is 28.0. The number of hydrogen-bond acceptors (Lipinski definition) is 5. The van der Waals surface area contributed by atoms with E-state index >= 15 is 0 Å². The minimum atomic E-state index is -0.886. The van der Waals surface area contributed by atoms with Crippen LogP contribution in [0, 0.1) is 5.92 Å². The fraction of sp³-hybridized carbons (Fsp3) is 0.400. The molecule has 0 fully saturated rings. The molecular formula is C15H18N2O4S. The molecule has 0 aliphatic heterocycles. The van der Waals surface area contributed by atoms with Crippen molar-refractivity contribution in [1.82, 2.24) is 10.3 Å². The number of nitrogens with zero attached hydrogens (tertiary/aromatic N) is 1. The van der Waals surface area contributed by atoms with Crippen LogP contribution >= 0.6 is 11.3 Å². The highest BCUT2D eigenvalue weighted by molar-refractivity contribution is 7.13. The van der Waals surface area contributed by atoms with Gasteiger partial charge in [0.15, 0.2) is 0 Å². The quantitative estimate of drug-likeness (QED) is 0.779. The molecule has 118 valence electrons. The molecule has 1 amide bonds. The average molecular weight is 322 g/mol. The molecule has 2 rings (SSSR count). The summed E-state index contributed by atoms with van der Waals surface area (Å²) in [6, 6.07) is 3.79. The van der Waals surface area contributed by atoms with Crippen molar-refractivity contribution in [2.75, 3.05) is 6.54 Å². The van der Waals surface area contributed by atoms with Crippen molar-refractivity contribution in [2.24, 2.45) is 5.92 Å². The molecule has 1 unspecified atom stereocenters. The van der Waals surface area contributed by atoms with Crippen molar-refractivity contribution in [2.45, 2.75) is 26.2 Å². The molecule has 7 heteroatoms. The van der Waals surface area contributed by atoms with Gasteiger partial charge in [-0.1, -0.05) is 19.4 Å². The zero-order valence-electron chi connectivity index (χ0n) is 12.2. The van der Waals surface area contributed by atoms with Crippen molar-refractivity contribution in [3.63, 3.8) is 0 Å². The molecule has 2 N–H and O–H groups in total. The van der Waals surface area contributed by atoms with E-state index in [2.05, 4.69) is 10.3 Å². The highest BCUT2D eigenvalue weighted by Gasteiger charge is 2.18.